The summed E-state index contributed by atoms with van der Waals surface area (Å²) in [7, 11) is 2.29. The van der Waals surface area contributed by atoms with E-state index >= 15 is 0 Å². The van der Waals surface area contributed by atoms with Crippen LogP contribution >= 0.6 is 0 Å². The highest BCUT2D eigenvalue weighted by Gasteiger charge is 2.44. The Morgan fingerprint density at radius 3 is 2.39 bits per heavy atom. The van der Waals surface area contributed by atoms with Crippen molar-refractivity contribution in [1.82, 2.24) is 4.90 Å². The van der Waals surface area contributed by atoms with Gasteiger partial charge in [-0.3, -0.25) is 0 Å². The Labute approximate surface area is 110 Å². The predicted octanol–water partition coefficient (Wildman–Crippen LogP) is 3.03. The molecule has 0 bridgehead atoms. The lowest BCUT2D eigenvalue weighted by molar-refractivity contribution is 0.194. The number of nitrogens with two attached hydrogens (primary N) is 1. The van der Waals surface area contributed by atoms with Crippen LogP contribution in [0.15, 0.2) is 24.3 Å². The van der Waals surface area contributed by atoms with Gasteiger partial charge >= 0.3 is 0 Å². The molecule has 0 spiro atoms. The number of likely N-dealkylation sites (N-methyl/N-ethyl adjacent to an activating group) is 1. The van der Waals surface area contributed by atoms with Crippen molar-refractivity contribution in [3.8, 4) is 0 Å². The Kier molecular flexibility index (Phi) is 3.06. The second-order valence-corrected chi connectivity index (χ2v) is 6.40. The zero-order chi connectivity index (χ0) is 12.6. The Bertz CT molecular complexity index is 402. The fourth-order valence-electron chi connectivity index (χ4n) is 3.22. The van der Waals surface area contributed by atoms with Crippen LogP contribution in [-0.4, -0.2) is 25.0 Å². The van der Waals surface area contributed by atoms with Gasteiger partial charge in [-0.1, -0.05) is 18.6 Å². The Hall–Kier alpha value is -1.02. The molecule has 2 heteroatoms. The second kappa shape index (κ2) is 4.58. The second-order valence-electron chi connectivity index (χ2n) is 6.40. The monoisotopic (exact) mass is 244 g/mol. The molecule has 0 heterocycles. The molecular weight excluding hydrogens is 220 g/mol. The van der Waals surface area contributed by atoms with Crippen molar-refractivity contribution in [3.05, 3.63) is 29.8 Å². The third kappa shape index (κ3) is 2.39. The van der Waals surface area contributed by atoms with Gasteiger partial charge in [-0.25, -0.2) is 0 Å². The Morgan fingerprint density at radius 2 is 1.89 bits per heavy atom. The molecule has 1 aromatic carbocycles. The first-order chi connectivity index (χ1) is 8.68. The highest BCUT2D eigenvalue weighted by molar-refractivity contribution is 5.43. The molecule has 0 saturated heterocycles. The van der Waals surface area contributed by atoms with Gasteiger partial charge in [0, 0.05) is 24.2 Å². The van der Waals surface area contributed by atoms with Gasteiger partial charge in [-0.2, -0.15) is 0 Å². The molecule has 2 fully saturated rings. The molecule has 98 valence electrons. The number of benzene rings is 1. The van der Waals surface area contributed by atoms with E-state index in [2.05, 4.69) is 24.1 Å². The first-order valence-electron chi connectivity index (χ1n) is 7.23. The number of hydrogen-bond donors (Lipinski definition) is 1. The lowest BCUT2D eigenvalue weighted by atomic mass is 9.85. The topological polar surface area (TPSA) is 29.3 Å². The fraction of sp³-hybridized carbons (Fsp3) is 0.625. The molecule has 0 atom stereocenters. The standard InChI is InChI=1S/C16H24N2/c1-18(11-13-3-2-4-13)12-16(9-10-16)14-5-7-15(17)8-6-14/h5-8,13H,2-4,9-12,17H2,1H3. The maximum absolute atomic E-state index is 5.77. The van der Waals surface area contributed by atoms with E-state index in [9.17, 15) is 0 Å². The van der Waals surface area contributed by atoms with Crippen molar-refractivity contribution >= 4 is 5.69 Å². The van der Waals surface area contributed by atoms with Gasteiger partial charge in [-0.15, -0.1) is 0 Å². The van der Waals surface area contributed by atoms with E-state index in [1.807, 2.05) is 12.1 Å². The molecule has 0 unspecified atom stereocenters. The molecule has 0 aliphatic heterocycles. The zero-order valence-electron chi connectivity index (χ0n) is 11.4. The van der Waals surface area contributed by atoms with Crippen LogP contribution in [0.5, 0.6) is 0 Å². The third-order valence-electron chi connectivity index (χ3n) is 4.74. The minimum atomic E-state index is 0.437. The van der Waals surface area contributed by atoms with E-state index < -0.39 is 0 Å². The fourth-order valence-corrected chi connectivity index (χ4v) is 3.22. The van der Waals surface area contributed by atoms with E-state index in [-0.39, 0.29) is 0 Å². The average Bonchev–Trinajstić information content (AvgIpc) is 3.05. The molecule has 18 heavy (non-hydrogen) atoms. The number of nitrogens with zero attached hydrogens (tertiary/aromatic N) is 1. The number of anilines is 1. The molecule has 2 aliphatic rings. The Morgan fingerprint density at radius 1 is 1.22 bits per heavy atom. The van der Waals surface area contributed by atoms with Gasteiger partial charge in [0.25, 0.3) is 0 Å². The van der Waals surface area contributed by atoms with Gasteiger partial charge in [-0.05, 0) is 56.3 Å². The number of rotatable bonds is 5. The van der Waals surface area contributed by atoms with Crippen molar-refractivity contribution in [1.29, 1.82) is 0 Å². The lowest BCUT2D eigenvalue weighted by Crippen LogP contribution is -2.35. The highest BCUT2D eigenvalue weighted by atomic mass is 15.1. The molecule has 0 radical (unpaired) electrons. The summed E-state index contributed by atoms with van der Waals surface area (Å²) >= 11 is 0. The van der Waals surface area contributed by atoms with Gasteiger partial charge in [0.2, 0.25) is 0 Å². The quantitative estimate of drug-likeness (QED) is 0.807. The van der Waals surface area contributed by atoms with Crippen LogP contribution in [0.1, 0.15) is 37.7 Å². The minimum Gasteiger partial charge on any atom is -0.399 e. The SMILES string of the molecule is CN(CC1CCC1)CC1(c2ccc(N)cc2)CC1. The van der Waals surface area contributed by atoms with E-state index in [1.165, 1.54) is 50.8 Å². The summed E-state index contributed by atoms with van der Waals surface area (Å²) in [6.07, 6.45) is 7.01. The van der Waals surface area contributed by atoms with Crippen molar-refractivity contribution in [2.45, 2.75) is 37.5 Å². The predicted molar refractivity (Wildman–Crippen MR) is 76.6 cm³/mol. The van der Waals surface area contributed by atoms with Gasteiger partial charge in [0.05, 0.1) is 0 Å². The van der Waals surface area contributed by atoms with Crippen LogP contribution in [0.3, 0.4) is 0 Å². The summed E-state index contributed by atoms with van der Waals surface area (Å²) in [6.45, 7) is 2.50. The van der Waals surface area contributed by atoms with Gasteiger partial charge in [0.1, 0.15) is 0 Å². The van der Waals surface area contributed by atoms with Crippen LogP contribution in [-0.2, 0) is 5.41 Å². The highest BCUT2D eigenvalue weighted by Crippen LogP contribution is 2.48. The molecule has 0 amide bonds. The summed E-state index contributed by atoms with van der Waals surface area (Å²) < 4.78 is 0. The van der Waals surface area contributed by atoms with E-state index in [1.54, 1.807) is 0 Å². The van der Waals surface area contributed by atoms with Crippen molar-refractivity contribution in [3.63, 3.8) is 0 Å². The van der Waals surface area contributed by atoms with Gasteiger partial charge < -0.3 is 10.6 Å². The van der Waals surface area contributed by atoms with Crippen LogP contribution < -0.4 is 5.73 Å². The van der Waals surface area contributed by atoms with Crippen LogP contribution in [0, 0.1) is 5.92 Å². The van der Waals surface area contributed by atoms with Crippen LogP contribution in [0.4, 0.5) is 5.69 Å². The van der Waals surface area contributed by atoms with E-state index in [4.69, 9.17) is 5.73 Å². The smallest absolute Gasteiger partial charge is 0.0314 e. The van der Waals surface area contributed by atoms with E-state index in [0.29, 0.717) is 5.41 Å². The molecule has 2 N–H and O–H groups in total. The summed E-state index contributed by atoms with van der Waals surface area (Å²) in [6, 6.07) is 8.53. The molecule has 0 aromatic heterocycles. The summed E-state index contributed by atoms with van der Waals surface area (Å²) in [5.74, 6) is 0.970. The normalized spacial score (nSPS) is 21.9. The maximum Gasteiger partial charge on any atom is 0.0314 e. The average molecular weight is 244 g/mol. The summed E-state index contributed by atoms with van der Waals surface area (Å²) in [5, 5.41) is 0. The molecule has 2 aliphatic carbocycles. The summed E-state index contributed by atoms with van der Waals surface area (Å²) in [5.41, 5.74) is 8.57. The number of nitrogen functional groups attached to an aromatic ring is 1. The van der Waals surface area contributed by atoms with E-state index in [0.717, 1.165) is 11.6 Å². The molecule has 1 aromatic rings. The molecule has 2 saturated carbocycles. The number of hydrogen-bond acceptors (Lipinski definition) is 2. The maximum atomic E-state index is 5.77. The van der Waals surface area contributed by atoms with Crippen molar-refractivity contribution in [2.24, 2.45) is 5.92 Å². The summed E-state index contributed by atoms with van der Waals surface area (Å²) in [4.78, 5) is 2.55. The minimum absolute atomic E-state index is 0.437. The Balaban J connectivity index is 1.61. The third-order valence-corrected chi connectivity index (χ3v) is 4.74. The zero-order valence-corrected chi connectivity index (χ0v) is 11.4. The van der Waals surface area contributed by atoms with Crippen molar-refractivity contribution in [2.75, 3.05) is 25.9 Å². The molecule has 2 nitrogen and oxygen atoms in total. The largest absolute Gasteiger partial charge is 0.399 e. The lowest BCUT2D eigenvalue weighted by Gasteiger charge is -2.32. The molecular formula is C16H24N2. The van der Waals surface area contributed by atoms with Gasteiger partial charge in [0.15, 0.2) is 0 Å². The van der Waals surface area contributed by atoms with Crippen molar-refractivity contribution < 1.29 is 0 Å². The first-order valence-corrected chi connectivity index (χ1v) is 7.23. The first kappa shape index (κ1) is 12.0. The van der Waals surface area contributed by atoms with Crippen LogP contribution in [0.25, 0.3) is 0 Å². The molecule has 3 rings (SSSR count). The van der Waals surface area contributed by atoms with Crippen LogP contribution in [0.2, 0.25) is 0 Å².